The van der Waals surface area contributed by atoms with Gasteiger partial charge in [0.05, 0.1) is 12.0 Å². The molecule has 160 valence electrons. The van der Waals surface area contributed by atoms with Crippen molar-refractivity contribution in [3.63, 3.8) is 0 Å². The topological polar surface area (TPSA) is 96.9 Å². The lowest BCUT2D eigenvalue weighted by Crippen LogP contribution is -2.35. The molecule has 3 N–H and O–H groups in total. The average molecular weight is 412 g/mol. The molecule has 0 aliphatic carbocycles. The molecule has 0 saturated carbocycles. The van der Waals surface area contributed by atoms with Crippen LogP contribution in [-0.4, -0.2) is 49.9 Å². The van der Waals surface area contributed by atoms with Gasteiger partial charge in [-0.2, -0.15) is 0 Å². The molecule has 1 heterocycles. The molecule has 0 radical (unpaired) electrons. The summed E-state index contributed by atoms with van der Waals surface area (Å²) >= 11 is 0. The number of methoxy groups -OCH3 is 1. The summed E-state index contributed by atoms with van der Waals surface area (Å²) in [5.74, 6) is 0.242. The molecule has 1 aliphatic heterocycles. The maximum atomic E-state index is 12.4. The number of nitrogens with one attached hydrogen (secondary N) is 2. The highest BCUT2D eigenvalue weighted by molar-refractivity contribution is 6.07. The normalized spacial score (nSPS) is 15.3. The minimum Gasteiger partial charge on any atom is -0.491 e. The van der Waals surface area contributed by atoms with E-state index in [4.69, 9.17) is 9.47 Å². The third kappa shape index (κ3) is 4.98. The van der Waals surface area contributed by atoms with E-state index in [1.807, 2.05) is 38.1 Å². The summed E-state index contributed by atoms with van der Waals surface area (Å²) in [6.07, 6.45) is -0.0230. The van der Waals surface area contributed by atoms with E-state index in [0.29, 0.717) is 23.6 Å². The number of carbonyl (C=O) groups is 2. The smallest absolute Gasteiger partial charge is 0.251 e. The number of ether oxygens (including phenoxy) is 2. The molecule has 7 nitrogen and oxygen atoms in total. The molecule has 7 heteroatoms. The molecule has 0 spiro atoms. The Labute approximate surface area is 176 Å². The molecule has 0 fully saturated rings. The van der Waals surface area contributed by atoms with Crippen LogP contribution < -0.4 is 15.4 Å². The Balaban J connectivity index is 1.47. The SMILES string of the molecule is COCCc1ccc(OCC(O)CNC(=O)c2ccc3c(c2)NC(=O)C3(C)C)cc1. The molecule has 0 bridgehead atoms. The Hall–Kier alpha value is -2.90. The van der Waals surface area contributed by atoms with Crippen molar-refractivity contribution in [2.24, 2.45) is 0 Å². The summed E-state index contributed by atoms with van der Waals surface area (Å²) in [5, 5.41) is 15.6. The number of anilines is 1. The van der Waals surface area contributed by atoms with Gasteiger partial charge >= 0.3 is 0 Å². The van der Waals surface area contributed by atoms with Gasteiger partial charge in [-0.3, -0.25) is 9.59 Å². The first-order valence-corrected chi connectivity index (χ1v) is 9.94. The zero-order chi connectivity index (χ0) is 21.7. The minimum atomic E-state index is -0.852. The van der Waals surface area contributed by atoms with Gasteiger partial charge in [-0.1, -0.05) is 18.2 Å². The summed E-state index contributed by atoms with van der Waals surface area (Å²) in [7, 11) is 1.67. The first kappa shape index (κ1) is 21.8. The largest absolute Gasteiger partial charge is 0.491 e. The third-order valence-electron chi connectivity index (χ3n) is 5.23. The van der Waals surface area contributed by atoms with Crippen LogP contribution in [0.1, 0.15) is 35.3 Å². The van der Waals surface area contributed by atoms with Crippen LogP contribution in [0.3, 0.4) is 0 Å². The highest BCUT2D eigenvalue weighted by Crippen LogP contribution is 2.37. The van der Waals surface area contributed by atoms with Crippen LogP contribution in [-0.2, 0) is 21.4 Å². The lowest BCUT2D eigenvalue weighted by atomic mass is 9.86. The Bertz CT molecular complexity index is 908. The number of benzene rings is 2. The molecular weight excluding hydrogens is 384 g/mol. The van der Waals surface area contributed by atoms with E-state index in [2.05, 4.69) is 10.6 Å². The van der Waals surface area contributed by atoms with Gasteiger partial charge in [0.1, 0.15) is 18.5 Å². The van der Waals surface area contributed by atoms with Crippen molar-refractivity contribution in [3.05, 3.63) is 59.2 Å². The Morgan fingerprint density at radius 2 is 1.93 bits per heavy atom. The Morgan fingerprint density at radius 3 is 2.63 bits per heavy atom. The van der Waals surface area contributed by atoms with Crippen molar-refractivity contribution < 1.29 is 24.2 Å². The van der Waals surface area contributed by atoms with Crippen LogP contribution in [0.2, 0.25) is 0 Å². The molecule has 1 atom stereocenters. The van der Waals surface area contributed by atoms with Crippen LogP contribution in [0, 0.1) is 0 Å². The molecule has 1 aliphatic rings. The first-order chi connectivity index (χ1) is 14.3. The number of aliphatic hydroxyl groups excluding tert-OH is 1. The fourth-order valence-corrected chi connectivity index (χ4v) is 3.27. The second-order valence-corrected chi connectivity index (χ2v) is 7.90. The van der Waals surface area contributed by atoms with E-state index in [9.17, 15) is 14.7 Å². The summed E-state index contributed by atoms with van der Waals surface area (Å²) in [4.78, 5) is 24.4. The van der Waals surface area contributed by atoms with Crippen LogP contribution in [0.15, 0.2) is 42.5 Å². The number of hydrogen-bond donors (Lipinski definition) is 3. The average Bonchev–Trinajstić information content (AvgIpc) is 2.97. The van der Waals surface area contributed by atoms with E-state index in [0.717, 1.165) is 17.5 Å². The second-order valence-electron chi connectivity index (χ2n) is 7.90. The number of fused-ring (bicyclic) bond motifs is 1. The number of aliphatic hydroxyl groups is 1. The van der Waals surface area contributed by atoms with Gasteiger partial charge in [0.25, 0.3) is 5.91 Å². The maximum absolute atomic E-state index is 12.4. The highest BCUT2D eigenvalue weighted by atomic mass is 16.5. The van der Waals surface area contributed by atoms with Crippen molar-refractivity contribution in [3.8, 4) is 5.75 Å². The van der Waals surface area contributed by atoms with Crippen molar-refractivity contribution >= 4 is 17.5 Å². The van der Waals surface area contributed by atoms with Gasteiger partial charge in [0, 0.05) is 24.9 Å². The standard InChI is InChI=1S/C23H28N2O5/c1-23(2)19-9-6-16(12-20(19)25-22(23)28)21(27)24-13-17(26)14-30-18-7-4-15(5-8-18)10-11-29-3/h4-9,12,17,26H,10-11,13-14H2,1-3H3,(H,24,27)(H,25,28). The van der Waals surface area contributed by atoms with Crippen molar-refractivity contribution in [2.45, 2.75) is 31.8 Å². The maximum Gasteiger partial charge on any atom is 0.251 e. The molecule has 0 saturated heterocycles. The summed E-state index contributed by atoms with van der Waals surface area (Å²) < 4.78 is 10.6. The van der Waals surface area contributed by atoms with Gasteiger partial charge in [0.15, 0.2) is 0 Å². The van der Waals surface area contributed by atoms with Gasteiger partial charge in [0.2, 0.25) is 5.91 Å². The predicted molar refractivity (Wildman–Crippen MR) is 114 cm³/mol. The first-order valence-electron chi connectivity index (χ1n) is 9.94. The van der Waals surface area contributed by atoms with Gasteiger partial charge in [-0.15, -0.1) is 0 Å². The van der Waals surface area contributed by atoms with Gasteiger partial charge in [-0.25, -0.2) is 0 Å². The lowest BCUT2D eigenvalue weighted by molar-refractivity contribution is -0.119. The summed E-state index contributed by atoms with van der Waals surface area (Å²) in [6, 6.07) is 12.7. The fourth-order valence-electron chi connectivity index (χ4n) is 3.27. The zero-order valence-electron chi connectivity index (χ0n) is 17.5. The Morgan fingerprint density at radius 1 is 1.20 bits per heavy atom. The molecule has 2 amide bonds. The van der Waals surface area contributed by atoms with Crippen molar-refractivity contribution in [1.82, 2.24) is 5.32 Å². The monoisotopic (exact) mass is 412 g/mol. The molecule has 30 heavy (non-hydrogen) atoms. The highest BCUT2D eigenvalue weighted by Gasteiger charge is 2.38. The molecule has 2 aromatic carbocycles. The van der Waals surface area contributed by atoms with Crippen molar-refractivity contribution in [2.75, 3.05) is 32.2 Å². The zero-order valence-corrected chi connectivity index (χ0v) is 17.5. The van der Waals surface area contributed by atoms with E-state index < -0.39 is 11.5 Å². The van der Waals surface area contributed by atoms with Crippen LogP contribution in [0.4, 0.5) is 5.69 Å². The molecule has 2 aromatic rings. The quantitative estimate of drug-likeness (QED) is 0.587. The second kappa shape index (κ2) is 9.28. The number of hydrogen-bond acceptors (Lipinski definition) is 5. The van der Waals surface area contributed by atoms with Gasteiger partial charge < -0.3 is 25.2 Å². The van der Waals surface area contributed by atoms with Crippen LogP contribution in [0.25, 0.3) is 0 Å². The summed E-state index contributed by atoms with van der Waals surface area (Å²) in [5.41, 5.74) is 2.47. The number of carbonyl (C=O) groups excluding carboxylic acids is 2. The molecule has 1 unspecified atom stereocenters. The number of amides is 2. The Kier molecular flexibility index (Phi) is 6.74. The van der Waals surface area contributed by atoms with Gasteiger partial charge in [-0.05, 0) is 55.7 Å². The lowest BCUT2D eigenvalue weighted by Gasteiger charge is -2.15. The van der Waals surface area contributed by atoms with Crippen LogP contribution >= 0.6 is 0 Å². The molecular formula is C23H28N2O5. The molecule has 0 aromatic heterocycles. The van der Waals surface area contributed by atoms with E-state index in [1.54, 1.807) is 25.3 Å². The van der Waals surface area contributed by atoms with Crippen molar-refractivity contribution in [1.29, 1.82) is 0 Å². The molecule has 3 rings (SSSR count). The van der Waals surface area contributed by atoms with E-state index >= 15 is 0 Å². The third-order valence-corrected chi connectivity index (χ3v) is 5.23. The minimum absolute atomic E-state index is 0.0553. The van der Waals surface area contributed by atoms with Crippen LogP contribution in [0.5, 0.6) is 5.75 Å². The summed E-state index contributed by atoms with van der Waals surface area (Å²) in [6.45, 7) is 4.47. The fraction of sp³-hybridized carbons (Fsp3) is 0.391. The van der Waals surface area contributed by atoms with E-state index in [-0.39, 0.29) is 25.0 Å². The van der Waals surface area contributed by atoms with E-state index in [1.165, 1.54) is 0 Å². The number of rotatable bonds is 9. The predicted octanol–water partition coefficient (Wildman–Crippen LogP) is 2.27.